The van der Waals surface area contributed by atoms with Gasteiger partial charge in [0.15, 0.2) is 0 Å². The van der Waals surface area contributed by atoms with Crippen molar-refractivity contribution in [1.82, 2.24) is 4.90 Å². The van der Waals surface area contributed by atoms with E-state index in [-0.39, 0.29) is 0 Å². The zero-order valence-electron chi connectivity index (χ0n) is 17.6. The summed E-state index contributed by atoms with van der Waals surface area (Å²) in [4.78, 5) is 25.1. The zero-order valence-corrected chi connectivity index (χ0v) is 19.2. The molecule has 1 aromatic rings. The van der Waals surface area contributed by atoms with Crippen LogP contribution < -0.4 is 10.1 Å². The van der Waals surface area contributed by atoms with E-state index in [4.69, 9.17) is 17.0 Å². The van der Waals surface area contributed by atoms with Gasteiger partial charge < -0.3 is 19.7 Å². The van der Waals surface area contributed by atoms with Crippen molar-refractivity contribution in [2.45, 2.75) is 45.1 Å². The highest BCUT2D eigenvalue weighted by molar-refractivity contribution is 8.22. The van der Waals surface area contributed by atoms with Crippen LogP contribution >= 0.6 is 24.0 Å². The number of piperidine rings is 1. The fraction of sp³-hybridized carbons (Fsp3) is 0.500. The second kappa shape index (κ2) is 13.3. The molecule has 1 heterocycles. The van der Waals surface area contributed by atoms with E-state index in [0.717, 1.165) is 47.4 Å². The van der Waals surface area contributed by atoms with Crippen molar-refractivity contribution in [3.8, 4) is 5.75 Å². The first-order valence-corrected chi connectivity index (χ1v) is 11.6. The number of rotatable bonds is 9. The minimum Gasteiger partial charge on any atom is -0.494 e. The number of thioether (sulfide) groups is 1. The summed E-state index contributed by atoms with van der Waals surface area (Å²) < 4.78 is 11.2. The van der Waals surface area contributed by atoms with E-state index in [0.29, 0.717) is 18.3 Å². The molecule has 164 valence electrons. The molecule has 8 heteroatoms. The van der Waals surface area contributed by atoms with Crippen molar-refractivity contribution in [1.29, 1.82) is 0 Å². The lowest BCUT2D eigenvalue weighted by Gasteiger charge is -2.35. The normalized spacial score (nSPS) is 16.3. The third-order valence-electron chi connectivity index (χ3n) is 4.76. The Morgan fingerprint density at radius 1 is 1.23 bits per heavy atom. The Kier molecular flexibility index (Phi) is 10.7. The zero-order chi connectivity index (χ0) is 21.8. The van der Waals surface area contributed by atoms with Gasteiger partial charge in [0.05, 0.1) is 13.7 Å². The lowest BCUT2D eigenvalue weighted by atomic mass is 10.1. The molecule has 1 aliphatic heterocycles. The number of nitrogens with one attached hydrogen (secondary N) is 1. The molecule has 30 heavy (non-hydrogen) atoms. The second-order valence-electron chi connectivity index (χ2n) is 7.08. The fourth-order valence-electron chi connectivity index (χ4n) is 3.04. The molecule has 1 saturated heterocycles. The molecule has 1 unspecified atom stereocenters. The molecule has 1 fully saturated rings. The minimum absolute atomic E-state index is 0.400. The lowest BCUT2D eigenvalue weighted by Crippen LogP contribution is -2.39. The van der Waals surface area contributed by atoms with Crippen LogP contribution in [0.4, 0.5) is 5.69 Å². The van der Waals surface area contributed by atoms with Gasteiger partial charge in [0.2, 0.25) is 5.91 Å². The maximum absolute atomic E-state index is 11.7. The first-order chi connectivity index (χ1) is 14.5. The average molecular weight is 451 g/mol. The van der Waals surface area contributed by atoms with Crippen molar-refractivity contribution in [3.63, 3.8) is 0 Å². The first kappa shape index (κ1) is 24.2. The predicted molar refractivity (Wildman–Crippen MR) is 126 cm³/mol. The standard InChI is InChI=1S/C22H30N2O4S2/c1-17-7-3-4-14-24(17)22(29)30-16-6-5-15-28-19-10-8-18(9-11-19)23-20(25)12-13-21(26)27-2/h8-13,17H,3-7,14-16H2,1-2H3,(H,23,25)/b13-12+. The molecule has 0 bridgehead atoms. The molecule has 0 aromatic heterocycles. The summed E-state index contributed by atoms with van der Waals surface area (Å²) in [6, 6.07) is 7.70. The molecule has 6 nitrogen and oxygen atoms in total. The van der Waals surface area contributed by atoms with E-state index >= 15 is 0 Å². The number of esters is 1. The number of amides is 1. The van der Waals surface area contributed by atoms with Crippen molar-refractivity contribution in [2.24, 2.45) is 0 Å². The Hall–Kier alpha value is -2.06. The van der Waals surface area contributed by atoms with Crippen LogP contribution in [0.2, 0.25) is 0 Å². The number of hydrogen-bond acceptors (Lipinski definition) is 6. The van der Waals surface area contributed by atoms with Crippen LogP contribution in [-0.2, 0) is 14.3 Å². The van der Waals surface area contributed by atoms with E-state index in [9.17, 15) is 9.59 Å². The molecule has 1 amide bonds. The van der Waals surface area contributed by atoms with Crippen LogP contribution in [0.1, 0.15) is 39.0 Å². The number of nitrogens with zero attached hydrogens (tertiary/aromatic N) is 1. The summed E-state index contributed by atoms with van der Waals surface area (Å²) in [7, 11) is 1.26. The third kappa shape index (κ3) is 8.75. The Balaban J connectivity index is 1.60. The van der Waals surface area contributed by atoms with Gasteiger partial charge in [0, 0.05) is 36.2 Å². The number of carbonyl (C=O) groups excluding carboxylic acids is 2. The van der Waals surface area contributed by atoms with Crippen molar-refractivity contribution < 1.29 is 19.1 Å². The van der Waals surface area contributed by atoms with Crippen LogP contribution in [0.25, 0.3) is 0 Å². The Morgan fingerprint density at radius 2 is 2.00 bits per heavy atom. The van der Waals surface area contributed by atoms with Gasteiger partial charge in [-0.1, -0.05) is 24.0 Å². The maximum atomic E-state index is 11.7. The molecular formula is C22H30N2O4S2. The predicted octanol–water partition coefficient (Wildman–Crippen LogP) is 4.41. The highest BCUT2D eigenvalue weighted by Gasteiger charge is 2.20. The molecule has 1 aromatic carbocycles. The monoisotopic (exact) mass is 450 g/mol. The number of hydrogen-bond donors (Lipinski definition) is 1. The number of ether oxygens (including phenoxy) is 2. The Bertz CT molecular complexity index is 737. The summed E-state index contributed by atoms with van der Waals surface area (Å²) in [6.07, 6.45) is 8.00. The molecule has 1 N–H and O–H groups in total. The number of thiocarbonyl (C=S) groups is 1. The highest BCUT2D eigenvalue weighted by Crippen LogP contribution is 2.22. The van der Waals surface area contributed by atoms with Crippen LogP contribution in [-0.4, -0.2) is 53.2 Å². The molecule has 0 aliphatic carbocycles. The number of benzene rings is 1. The largest absolute Gasteiger partial charge is 0.494 e. The van der Waals surface area contributed by atoms with Crippen molar-refractivity contribution in [3.05, 3.63) is 36.4 Å². The number of carbonyl (C=O) groups is 2. The van der Waals surface area contributed by atoms with E-state index < -0.39 is 11.9 Å². The second-order valence-corrected chi connectivity index (χ2v) is 8.81. The summed E-state index contributed by atoms with van der Waals surface area (Å²) in [5.41, 5.74) is 0.624. The van der Waals surface area contributed by atoms with Gasteiger partial charge in [-0.15, -0.1) is 0 Å². The van der Waals surface area contributed by atoms with E-state index in [1.807, 2.05) is 0 Å². The number of unbranched alkanes of at least 4 members (excludes halogenated alkanes) is 1. The molecule has 0 saturated carbocycles. The van der Waals surface area contributed by atoms with Crippen molar-refractivity contribution >= 4 is 45.9 Å². The lowest BCUT2D eigenvalue weighted by molar-refractivity contribution is -0.135. The number of anilines is 1. The van der Waals surface area contributed by atoms with Crippen LogP contribution in [0.3, 0.4) is 0 Å². The topological polar surface area (TPSA) is 67.9 Å². The van der Waals surface area contributed by atoms with E-state index in [1.54, 1.807) is 36.0 Å². The summed E-state index contributed by atoms with van der Waals surface area (Å²) in [5.74, 6) is 0.789. The molecule has 1 atom stereocenters. The smallest absolute Gasteiger partial charge is 0.330 e. The molecule has 0 spiro atoms. The minimum atomic E-state index is -0.574. The van der Waals surface area contributed by atoms with Crippen LogP contribution in [0.5, 0.6) is 5.75 Å². The first-order valence-electron chi connectivity index (χ1n) is 10.2. The van der Waals surface area contributed by atoms with Crippen molar-refractivity contribution in [2.75, 3.05) is 31.3 Å². The van der Waals surface area contributed by atoms with Gasteiger partial charge in [-0.2, -0.15) is 0 Å². The van der Waals surface area contributed by atoms with Gasteiger partial charge in [0.1, 0.15) is 10.1 Å². The molecule has 0 radical (unpaired) electrons. The number of likely N-dealkylation sites (tertiary alicyclic amines) is 1. The summed E-state index contributed by atoms with van der Waals surface area (Å²) >= 11 is 7.36. The summed E-state index contributed by atoms with van der Waals surface area (Å²) in [5, 5.41) is 2.67. The summed E-state index contributed by atoms with van der Waals surface area (Å²) in [6.45, 7) is 3.99. The van der Waals surface area contributed by atoms with E-state index in [1.165, 1.54) is 26.4 Å². The average Bonchev–Trinajstić information content (AvgIpc) is 2.75. The number of methoxy groups -OCH3 is 1. The maximum Gasteiger partial charge on any atom is 0.330 e. The Labute approximate surface area is 188 Å². The van der Waals surface area contributed by atoms with Gasteiger partial charge >= 0.3 is 5.97 Å². The quantitative estimate of drug-likeness (QED) is 0.259. The van der Waals surface area contributed by atoms with E-state index in [2.05, 4.69) is 21.9 Å². The molecular weight excluding hydrogens is 420 g/mol. The van der Waals surface area contributed by atoms with Gasteiger partial charge in [-0.25, -0.2) is 4.79 Å². The van der Waals surface area contributed by atoms with Gasteiger partial charge in [-0.3, -0.25) is 4.79 Å². The molecule has 1 aliphatic rings. The molecule has 2 rings (SSSR count). The van der Waals surface area contributed by atoms with Gasteiger partial charge in [-0.05, 0) is 63.3 Å². The fourth-order valence-corrected chi connectivity index (χ4v) is 4.52. The third-order valence-corrected chi connectivity index (χ3v) is 6.33. The SMILES string of the molecule is COC(=O)/C=C/C(=O)Nc1ccc(OCCCCSC(=S)N2CCCCC2C)cc1. The van der Waals surface area contributed by atoms with Crippen LogP contribution in [0, 0.1) is 0 Å². The van der Waals surface area contributed by atoms with Gasteiger partial charge in [0.25, 0.3) is 0 Å². The highest BCUT2D eigenvalue weighted by atomic mass is 32.2. The van der Waals surface area contributed by atoms with Crippen LogP contribution in [0.15, 0.2) is 36.4 Å². The Morgan fingerprint density at radius 3 is 2.70 bits per heavy atom.